The molecule has 74 valence electrons. The SMILES string of the molecule is NS(=O)(=O)CCCCCCCBr. The highest BCUT2D eigenvalue weighted by Gasteiger charge is 2.00. The van der Waals surface area contributed by atoms with Gasteiger partial charge in [0.2, 0.25) is 10.0 Å². The van der Waals surface area contributed by atoms with Gasteiger partial charge >= 0.3 is 0 Å². The maximum Gasteiger partial charge on any atom is 0.209 e. The molecule has 0 heterocycles. The van der Waals surface area contributed by atoms with Crippen molar-refractivity contribution >= 4 is 26.0 Å². The zero-order chi connectivity index (χ0) is 9.45. The number of primary sulfonamides is 1. The zero-order valence-electron chi connectivity index (χ0n) is 7.13. The van der Waals surface area contributed by atoms with Gasteiger partial charge in [-0.15, -0.1) is 0 Å². The Labute approximate surface area is 82.9 Å². The van der Waals surface area contributed by atoms with Gasteiger partial charge in [0, 0.05) is 5.33 Å². The normalized spacial score (nSPS) is 11.8. The molecular formula is C7H16BrNO2S. The van der Waals surface area contributed by atoms with Crippen LogP contribution in [0.4, 0.5) is 0 Å². The van der Waals surface area contributed by atoms with Crippen LogP contribution in [0.15, 0.2) is 0 Å². The topological polar surface area (TPSA) is 60.2 Å². The van der Waals surface area contributed by atoms with Crippen molar-refractivity contribution in [3.05, 3.63) is 0 Å². The monoisotopic (exact) mass is 257 g/mol. The summed E-state index contributed by atoms with van der Waals surface area (Å²) in [6, 6.07) is 0. The maximum absolute atomic E-state index is 10.5. The second kappa shape index (κ2) is 6.86. The summed E-state index contributed by atoms with van der Waals surface area (Å²) < 4.78 is 21.0. The van der Waals surface area contributed by atoms with Crippen molar-refractivity contribution in [2.45, 2.75) is 32.1 Å². The van der Waals surface area contributed by atoms with Crippen LogP contribution in [0.5, 0.6) is 0 Å². The van der Waals surface area contributed by atoms with Crippen molar-refractivity contribution in [3.63, 3.8) is 0 Å². The Morgan fingerprint density at radius 3 is 2.00 bits per heavy atom. The molecule has 0 amide bonds. The fraction of sp³-hybridized carbons (Fsp3) is 1.00. The van der Waals surface area contributed by atoms with E-state index in [0.717, 1.165) is 31.0 Å². The highest BCUT2D eigenvalue weighted by molar-refractivity contribution is 9.09. The minimum absolute atomic E-state index is 0.126. The molecule has 0 aromatic carbocycles. The second-order valence-corrected chi connectivity index (χ2v) is 5.35. The second-order valence-electron chi connectivity index (χ2n) is 2.82. The minimum atomic E-state index is -3.23. The number of unbranched alkanes of at least 4 members (excludes halogenated alkanes) is 4. The lowest BCUT2D eigenvalue weighted by atomic mass is 10.2. The molecule has 12 heavy (non-hydrogen) atoms. The number of hydrogen-bond acceptors (Lipinski definition) is 2. The summed E-state index contributed by atoms with van der Waals surface area (Å²) >= 11 is 3.33. The molecule has 0 aliphatic rings. The molecule has 0 saturated carbocycles. The van der Waals surface area contributed by atoms with Crippen molar-refractivity contribution in [1.82, 2.24) is 0 Å². The summed E-state index contributed by atoms with van der Waals surface area (Å²) in [6.45, 7) is 0. The summed E-state index contributed by atoms with van der Waals surface area (Å²) in [5, 5.41) is 5.87. The zero-order valence-corrected chi connectivity index (χ0v) is 9.53. The largest absolute Gasteiger partial charge is 0.229 e. The molecule has 0 spiro atoms. The molecule has 0 saturated heterocycles. The van der Waals surface area contributed by atoms with Crippen molar-refractivity contribution in [3.8, 4) is 0 Å². The van der Waals surface area contributed by atoms with Gasteiger partial charge in [-0.25, -0.2) is 13.6 Å². The molecule has 5 heteroatoms. The predicted molar refractivity (Wildman–Crippen MR) is 54.9 cm³/mol. The Hall–Kier alpha value is 0.390. The van der Waals surface area contributed by atoms with Gasteiger partial charge in [-0.05, 0) is 12.8 Å². The number of alkyl halides is 1. The van der Waals surface area contributed by atoms with Crippen molar-refractivity contribution in [2.75, 3.05) is 11.1 Å². The van der Waals surface area contributed by atoms with Gasteiger partial charge in [0.15, 0.2) is 0 Å². The third-order valence-electron chi connectivity index (χ3n) is 1.56. The molecule has 0 aliphatic carbocycles. The molecule has 0 aromatic heterocycles. The number of hydrogen-bond donors (Lipinski definition) is 1. The van der Waals surface area contributed by atoms with E-state index in [1.165, 1.54) is 0 Å². The van der Waals surface area contributed by atoms with E-state index in [4.69, 9.17) is 5.14 Å². The first kappa shape index (κ1) is 12.4. The van der Waals surface area contributed by atoms with Crippen molar-refractivity contribution in [1.29, 1.82) is 0 Å². The van der Waals surface area contributed by atoms with E-state index in [1.807, 2.05) is 0 Å². The Morgan fingerprint density at radius 2 is 1.50 bits per heavy atom. The Morgan fingerprint density at radius 1 is 1.00 bits per heavy atom. The highest BCUT2D eigenvalue weighted by Crippen LogP contribution is 2.04. The first-order valence-corrected chi connectivity index (χ1v) is 6.96. The summed E-state index contributed by atoms with van der Waals surface area (Å²) in [5.74, 6) is 0.126. The van der Waals surface area contributed by atoms with Gasteiger partial charge in [-0.3, -0.25) is 0 Å². The average Bonchev–Trinajstić information content (AvgIpc) is 1.94. The van der Waals surface area contributed by atoms with Gasteiger partial charge in [0.25, 0.3) is 0 Å². The fourth-order valence-electron chi connectivity index (χ4n) is 0.928. The van der Waals surface area contributed by atoms with Gasteiger partial charge in [0.05, 0.1) is 5.75 Å². The van der Waals surface area contributed by atoms with Crippen LogP contribution < -0.4 is 5.14 Å². The molecule has 0 aliphatic heterocycles. The molecule has 0 unspecified atom stereocenters. The van der Waals surface area contributed by atoms with E-state index in [2.05, 4.69) is 15.9 Å². The van der Waals surface area contributed by atoms with Crippen molar-refractivity contribution in [2.24, 2.45) is 5.14 Å². The Balaban J connectivity index is 3.12. The van der Waals surface area contributed by atoms with Crippen LogP contribution in [-0.2, 0) is 10.0 Å². The Kier molecular flexibility index (Phi) is 7.08. The van der Waals surface area contributed by atoms with Crippen LogP contribution in [0.2, 0.25) is 0 Å². The van der Waals surface area contributed by atoms with Crippen LogP contribution in [0, 0.1) is 0 Å². The van der Waals surface area contributed by atoms with Crippen LogP contribution in [0.3, 0.4) is 0 Å². The molecule has 0 fully saturated rings. The van der Waals surface area contributed by atoms with Crippen LogP contribution in [0.1, 0.15) is 32.1 Å². The summed E-state index contributed by atoms with van der Waals surface area (Å²) in [6.07, 6.45) is 5.08. The van der Waals surface area contributed by atoms with Gasteiger partial charge in [0.1, 0.15) is 0 Å². The third-order valence-corrected chi connectivity index (χ3v) is 2.98. The predicted octanol–water partition coefficient (Wildman–Crippen LogP) is 1.62. The smallest absolute Gasteiger partial charge is 0.209 e. The van der Waals surface area contributed by atoms with Gasteiger partial charge < -0.3 is 0 Å². The summed E-state index contributed by atoms with van der Waals surface area (Å²) in [4.78, 5) is 0. The molecule has 0 aromatic rings. The highest BCUT2D eigenvalue weighted by atomic mass is 79.9. The molecule has 0 atom stereocenters. The summed E-state index contributed by atoms with van der Waals surface area (Å²) in [7, 11) is -3.23. The lowest BCUT2D eigenvalue weighted by Crippen LogP contribution is -2.16. The molecule has 0 bridgehead atoms. The number of nitrogens with two attached hydrogens (primary N) is 1. The first-order chi connectivity index (χ1) is 5.56. The van der Waals surface area contributed by atoms with E-state index in [9.17, 15) is 8.42 Å². The molecule has 3 nitrogen and oxygen atoms in total. The van der Waals surface area contributed by atoms with E-state index in [-0.39, 0.29) is 5.75 Å². The van der Waals surface area contributed by atoms with Crippen LogP contribution in [0.25, 0.3) is 0 Å². The van der Waals surface area contributed by atoms with Gasteiger partial charge in [-0.2, -0.15) is 0 Å². The van der Waals surface area contributed by atoms with E-state index in [1.54, 1.807) is 0 Å². The molecular weight excluding hydrogens is 242 g/mol. The van der Waals surface area contributed by atoms with Crippen LogP contribution in [-0.4, -0.2) is 19.5 Å². The molecule has 2 N–H and O–H groups in total. The lowest BCUT2D eigenvalue weighted by Gasteiger charge is -1.98. The lowest BCUT2D eigenvalue weighted by molar-refractivity contribution is 0.588. The van der Waals surface area contributed by atoms with Crippen LogP contribution >= 0.6 is 15.9 Å². The third kappa shape index (κ3) is 10.4. The van der Waals surface area contributed by atoms with Crippen molar-refractivity contribution < 1.29 is 8.42 Å². The number of rotatable bonds is 7. The quantitative estimate of drug-likeness (QED) is 0.557. The minimum Gasteiger partial charge on any atom is -0.229 e. The molecule has 0 rings (SSSR count). The summed E-state index contributed by atoms with van der Waals surface area (Å²) in [5.41, 5.74) is 0. The van der Waals surface area contributed by atoms with Gasteiger partial charge in [-0.1, -0.05) is 35.2 Å². The average molecular weight is 258 g/mol. The van der Waals surface area contributed by atoms with E-state index in [0.29, 0.717) is 6.42 Å². The molecule has 0 radical (unpaired) electrons. The van der Waals surface area contributed by atoms with E-state index >= 15 is 0 Å². The Bertz CT molecular complexity index is 192. The number of halogens is 1. The fourth-order valence-corrected chi connectivity index (χ4v) is 1.93. The van der Waals surface area contributed by atoms with E-state index < -0.39 is 10.0 Å². The number of sulfonamides is 1. The maximum atomic E-state index is 10.5. The first-order valence-electron chi connectivity index (χ1n) is 4.12. The standard InChI is InChI=1S/C7H16BrNO2S/c8-6-4-2-1-3-5-7-12(9,10)11/h1-7H2,(H2,9,10,11).